The highest BCUT2D eigenvalue weighted by molar-refractivity contribution is 5.78. The molecular weight excluding hydrogens is 230 g/mol. The van der Waals surface area contributed by atoms with Crippen LogP contribution >= 0.6 is 0 Å². The fourth-order valence-corrected chi connectivity index (χ4v) is 2.23. The van der Waals surface area contributed by atoms with Crippen LogP contribution in [-0.2, 0) is 11.3 Å². The second-order valence-electron chi connectivity index (χ2n) is 4.60. The maximum absolute atomic E-state index is 11.5. The molecule has 0 bridgehead atoms. The second kappa shape index (κ2) is 5.77. The SMILES string of the molecule is CNC(=O)C1CCN(Cc2cnc(N)cn2)CC1. The first-order valence-electron chi connectivity index (χ1n) is 6.19. The summed E-state index contributed by atoms with van der Waals surface area (Å²) in [4.78, 5) is 22.1. The average molecular weight is 249 g/mol. The van der Waals surface area contributed by atoms with E-state index in [2.05, 4.69) is 20.2 Å². The molecule has 0 atom stereocenters. The van der Waals surface area contributed by atoms with Crippen molar-refractivity contribution < 1.29 is 4.79 Å². The largest absolute Gasteiger partial charge is 0.382 e. The van der Waals surface area contributed by atoms with Gasteiger partial charge in [0.25, 0.3) is 0 Å². The molecule has 0 spiro atoms. The van der Waals surface area contributed by atoms with Gasteiger partial charge in [-0.15, -0.1) is 0 Å². The summed E-state index contributed by atoms with van der Waals surface area (Å²) in [5.74, 6) is 0.753. The zero-order chi connectivity index (χ0) is 13.0. The van der Waals surface area contributed by atoms with Crippen molar-refractivity contribution in [3.63, 3.8) is 0 Å². The standard InChI is InChI=1S/C12H19N5O/c1-14-12(18)9-2-4-17(5-3-9)8-10-6-16-11(13)7-15-10/h6-7,9H,2-5,8H2,1H3,(H2,13,16)(H,14,18). The Morgan fingerprint density at radius 1 is 1.44 bits per heavy atom. The average Bonchev–Trinajstić information content (AvgIpc) is 2.41. The molecule has 0 aromatic carbocycles. The fraction of sp³-hybridized carbons (Fsp3) is 0.583. The minimum absolute atomic E-state index is 0.155. The van der Waals surface area contributed by atoms with Gasteiger partial charge in [0.15, 0.2) is 0 Å². The lowest BCUT2D eigenvalue weighted by Gasteiger charge is -2.30. The Hall–Kier alpha value is -1.69. The monoisotopic (exact) mass is 249 g/mol. The Bertz CT molecular complexity index is 397. The van der Waals surface area contributed by atoms with Gasteiger partial charge in [-0.25, -0.2) is 4.98 Å². The third-order valence-electron chi connectivity index (χ3n) is 3.32. The number of carbonyl (C=O) groups is 1. The molecule has 1 aliphatic rings. The van der Waals surface area contributed by atoms with Gasteiger partial charge in [-0.1, -0.05) is 0 Å². The lowest BCUT2D eigenvalue weighted by atomic mass is 9.96. The molecule has 1 fully saturated rings. The third-order valence-corrected chi connectivity index (χ3v) is 3.32. The predicted octanol–water partition coefficient (Wildman–Crippen LogP) is 0.0168. The number of carbonyl (C=O) groups excluding carboxylic acids is 1. The van der Waals surface area contributed by atoms with Crippen molar-refractivity contribution in [2.24, 2.45) is 5.92 Å². The number of nitrogens with one attached hydrogen (secondary N) is 1. The number of piperidine rings is 1. The van der Waals surface area contributed by atoms with Crippen LogP contribution in [0.3, 0.4) is 0 Å². The molecule has 6 nitrogen and oxygen atoms in total. The zero-order valence-electron chi connectivity index (χ0n) is 10.6. The molecule has 1 aromatic heterocycles. The smallest absolute Gasteiger partial charge is 0.222 e. The summed E-state index contributed by atoms with van der Waals surface area (Å²) >= 11 is 0. The summed E-state index contributed by atoms with van der Waals surface area (Å²) in [6, 6.07) is 0. The van der Waals surface area contributed by atoms with Crippen LogP contribution in [0.25, 0.3) is 0 Å². The Labute approximate surface area is 107 Å². The topological polar surface area (TPSA) is 84.1 Å². The lowest BCUT2D eigenvalue weighted by molar-refractivity contribution is -0.125. The molecular formula is C12H19N5O. The Morgan fingerprint density at radius 2 is 2.17 bits per heavy atom. The van der Waals surface area contributed by atoms with Crippen molar-refractivity contribution in [2.45, 2.75) is 19.4 Å². The van der Waals surface area contributed by atoms with E-state index in [1.807, 2.05) is 0 Å². The molecule has 0 saturated carbocycles. The molecule has 18 heavy (non-hydrogen) atoms. The van der Waals surface area contributed by atoms with Crippen molar-refractivity contribution in [1.82, 2.24) is 20.2 Å². The quantitative estimate of drug-likeness (QED) is 0.788. The van der Waals surface area contributed by atoms with E-state index < -0.39 is 0 Å². The van der Waals surface area contributed by atoms with Gasteiger partial charge in [-0.05, 0) is 25.9 Å². The van der Waals surface area contributed by atoms with Crippen LogP contribution in [0.15, 0.2) is 12.4 Å². The molecule has 3 N–H and O–H groups in total. The van der Waals surface area contributed by atoms with Gasteiger partial charge in [-0.3, -0.25) is 14.7 Å². The maximum Gasteiger partial charge on any atom is 0.222 e. The van der Waals surface area contributed by atoms with Gasteiger partial charge >= 0.3 is 0 Å². The number of amides is 1. The van der Waals surface area contributed by atoms with Crippen LogP contribution < -0.4 is 11.1 Å². The molecule has 2 rings (SSSR count). The number of hydrogen-bond acceptors (Lipinski definition) is 5. The van der Waals surface area contributed by atoms with Gasteiger partial charge in [-0.2, -0.15) is 0 Å². The first kappa shape index (κ1) is 12.8. The molecule has 6 heteroatoms. The number of hydrogen-bond donors (Lipinski definition) is 2. The number of nitrogens with zero attached hydrogens (tertiary/aromatic N) is 3. The van der Waals surface area contributed by atoms with Crippen LogP contribution in [-0.4, -0.2) is 40.9 Å². The zero-order valence-corrected chi connectivity index (χ0v) is 10.6. The van der Waals surface area contributed by atoms with Crippen LogP contribution in [0.4, 0.5) is 5.82 Å². The van der Waals surface area contributed by atoms with E-state index >= 15 is 0 Å². The first-order valence-corrected chi connectivity index (χ1v) is 6.19. The van der Waals surface area contributed by atoms with Crippen LogP contribution in [0, 0.1) is 5.92 Å². The van der Waals surface area contributed by atoms with Crippen LogP contribution in [0.1, 0.15) is 18.5 Å². The summed E-state index contributed by atoms with van der Waals surface area (Å²) in [6.45, 7) is 2.61. The minimum Gasteiger partial charge on any atom is -0.382 e. The summed E-state index contributed by atoms with van der Waals surface area (Å²) in [5, 5.41) is 2.71. The molecule has 0 unspecified atom stereocenters. The van der Waals surface area contributed by atoms with E-state index in [1.165, 1.54) is 0 Å². The highest BCUT2D eigenvalue weighted by atomic mass is 16.1. The molecule has 98 valence electrons. The van der Waals surface area contributed by atoms with Gasteiger partial charge in [0.1, 0.15) is 5.82 Å². The van der Waals surface area contributed by atoms with E-state index in [9.17, 15) is 4.79 Å². The van der Waals surface area contributed by atoms with Crippen molar-refractivity contribution in [3.05, 3.63) is 18.1 Å². The predicted molar refractivity (Wildman–Crippen MR) is 68.5 cm³/mol. The van der Waals surface area contributed by atoms with Crippen LogP contribution in [0.5, 0.6) is 0 Å². The molecule has 1 aliphatic heterocycles. The summed E-state index contributed by atoms with van der Waals surface area (Å²) in [7, 11) is 1.69. The number of nitrogen functional groups attached to an aromatic ring is 1. The molecule has 0 aliphatic carbocycles. The number of likely N-dealkylation sites (tertiary alicyclic amines) is 1. The molecule has 2 heterocycles. The van der Waals surface area contributed by atoms with E-state index in [4.69, 9.17) is 5.73 Å². The Morgan fingerprint density at radius 3 is 2.72 bits per heavy atom. The number of anilines is 1. The number of nitrogens with two attached hydrogens (primary N) is 1. The van der Waals surface area contributed by atoms with Crippen LogP contribution in [0.2, 0.25) is 0 Å². The van der Waals surface area contributed by atoms with Gasteiger partial charge < -0.3 is 11.1 Å². The second-order valence-corrected chi connectivity index (χ2v) is 4.60. The van der Waals surface area contributed by atoms with E-state index in [0.717, 1.165) is 38.2 Å². The first-order chi connectivity index (χ1) is 8.69. The maximum atomic E-state index is 11.5. The van der Waals surface area contributed by atoms with Gasteiger partial charge in [0.05, 0.1) is 18.1 Å². The van der Waals surface area contributed by atoms with Crippen molar-refractivity contribution in [1.29, 1.82) is 0 Å². The van der Waals surface area contributed by atoms with Gasteiger partial charge in [0.2, 0.25) is 5.91 Å². The van der Waals surface area contributed by atoms with Crippen molar-refractivity contribution >= 4 is 11.7 Å². The molecule has 0 radical (unpaired) electrons. The van der Waals surface area contributed by atoms with Crippen molar-refractivity contribution in [2.75, 3.05) is 25.9 Å². The minimum atomic E-state index is 0.155. The number of aromatic nitrogens is 2. The highest BCUT2D eigenvalue weighted by Gasteiger charge is 2.24. The summed E-state index contributed by atoms with van der Waals surface area (Å²) in [5.41, 5.74) is 6.41. The molecule has 1 aromatic rings. The third kappa shape index (κ3) is 3.16. The fourth-order valence-electron chi connectivity index (χ4n) is 2.23. The Kier molecular flexibility index (Phi) is 4.09. The summed E-state index contributed by atoms with van der Waals surface area (Å²) < 4.78 is 0. The normalized spacial score (nSPS) is 17.6. The van der Waals surface area contributed by atoms with E-state index in [0.29, 0.717) is 5.82 Å². The van der Waals surface area contributed by atoms with Crippen molar-refractivity contribution in [3.8, 4) is 0 Å². The molecule has 1 amide bonds. The van der Waals surface area contributed by atoms with Gasteiger partial charge in [0, 0.05) is 19.5 Å². The van der Waals surface area contributed by atoms with E-state index in [-0.39, 0.29) is 11.8 Å². The highest BCUT2D eigenvalue weighted by Crippen LogP contribution is 2.18. The Balaban J connectivity index is 1.83. The lowest BCUT2D eigenvalue weighted by Crippen LogP contribution is -2.39. The number of rotatable bonds is 3. The van der Waals surface area contributed by atoms with E-state index in [1.54, 1.807) is 19.4 Å². The molecule has 1 saturated heterocycles. The summed E-state index contributed by atoms with van der Waals surface area (Å²) in [6.07, 6.45) is 5.09.